The molecule has 0 unspecified atom stereocenters. The van der Waals surface area contributed by atoms with Gasteiger partial charge in [-0.15, -0.1) is 0 Å². The highest BCUT2D eigenvalue weighted by Gasteiger charge is 2.29. The van der Waals surface area contributed by atoms with E-state index in [0.29, 0.717) is 24.2 Å². The van der Waals surface area contributed by atoms with Crippen molar-refractivity contribution in [3.8, 4) is 0 Å². The van der Waals surface area contributed by atoms with E-state index in [4.69, 9.17) is 9.47 Å². The molecule has 160 valence electrons. The molecule has 0 aliphatic carbocycles. The van der Waals surface area contributed by atoms with Crippen molar-refractivity contribution < 1.29 is 27.5 Å². The Morgan fingerprint density at radius 1 is 1.10 bits per heavy atom. The Morgan fingerprint density at radius 3 is 2.50 bits per heavy atom. The molecule has 1 saturated heterocycles. The van der Waals surface area contributed by atoms with Crippen molar-refractivity contribution in [1.82, 2.24) is 9.62 Å². The van der Waals surface area contributed by atoms with E-state index in [1.807, 2.05) is 30.3 Å². The smallest absolute Gasteiger partial charge is 0.338 e. The fraction of sp³-hybridized carbons (Fsp3) is 0.300. The van der Waals surface area contributed by atoms with Crippen LogP contribution in [0.5, 0.6) is 0 Å². The van der Waals surface area contributed by atoms with Crippen LogP contribution in [0.1, 0.15) is 15.9 Å². The van der Waals surface area contributed by atoms with E-state index in [1.54, 1.807) is 0 Å². The van der Waals surface area contributed by atoms with Gasteiger partial charge in [0.25, 0.3) is 5.91 Å². The number of nitrogens with zero attached hydrogens (tertiary/aromatic N) is 1. The average molecular weight is 497 g/mol. The molecule has 1 aliphatic rings. The lowest BCUT2D eigenvalue weighted by atomic mass is 10.2. The number of esters is 1. The van der Waals surface area contributed by atoms with Gasteiger partial charge in [0.2, 0.25) is 10.0 Å². The molecule has 30 heavy (non-hydrogen) atoms. The van der Waals surface area contributed by atoms with Gasteiger partial charge < -0.3 is 14.8 Å². The standard InChI is InChI=1S/C20H21BrN2O6S/c21-17-7-6-16(12-18(17)30(26,27)23-8-10-28-11-9-23)20(25)29-14-19(24)22-13-15-4-2-1-3-5-15/h1-7,12H,8-11,13-14H2,(H,22,24). The summed E-state index contributed by atoms with van der Waals surface area (Å²) in [6.45, 7) is 0.966. The van der Waals surface area contributed by atoms with E-state index in [2.05, 4.69) is 21.2 Å². The Kier molecular flexibility index (Phi) is 7.59. The maximum absolute atomic E-state index is 12.9. The van der Waals surface area contributed by atoms with Gasteiger partial charge in [-0.3, -0.25) is 4.79 Å². The topological polar surface area (TPSA) is 102 Å². The van der Waals surface area contributed by atoms with Crippen LogP contribution in [-0.2, 0) is 30.8 Å². The van der Waals surface area contributed by atoms with E-state index in [9.17, 15) is 18.0 Å². The first-order valence-electron chi connectivity index (χ1n) is 9.23. The predicted molar refractivity (Wildman–Crippen MR) is 112 cm³/mol. The summed E-state index contributed by atoms with van der Waals surface area (Å²) in [5.74, 6) is -1.23. The summed E-state index contributed by atoms with van der Waals surface area (Å²) in [4.78, 5) is 24.2. The Bertz CT molecular complexity index is 1010. The number of amides is 1. The third-order valence-electron chi connectivity index (χ3n) is 4.42. The van der Waals surface area contributed by atoms with Gasteiger partial charge in [-0.1, -0.05) is 30.3 Å². The van der Waals surface area contributed by atoms with Crippen LogP contribution in [0.25, 0.3) is 0 Å². The van der Waals surface area contributed by atoms with E-state index < -0.39 is 28.5 Å². The molecule has 1 aliphatic heterocycles. The first-order chi connectivity index (χ1) is 14.4. The minimum absolute atomic E-state index is 0.0348. The van der Waals surface area contributed by atoms with Crippen molar-refractivity contribution in [2.75, 3.05) is 32.9 Å². The van der Waals surface area contributed by atoms with Crippen LogP contribution in [0.15, 0.2) is 57.9 Å². The van der Waals surface area contributed by atoms with Crippen LogP contribution in [-0.4, -0.2) is 57.5 Å². The first kappa shape index (κ1) is 22.4. The van der Waals surface area contributed by atoms with Crippen LogP contribution < -0.4 is 5.32 Å². The summed E-state index contributed by atoms with van der Waals surface area (Å²) in [6, 6.07) is 13.5. The number of ether oxygens (including phenoxy) is 2. The SMILES string of the molecule is O=C(COC(=O)c1ccc(Br)c(S(=O)(=O)N2CCOCC2)c1)NCc1ccccc1. The largest absolute Gasteiger partial charge is 0.452 e. The second kappa shape index (κ2) is 10.2. The minimum Gasteiger partial charge on any atom is -0.452 e. The molecule has 0 atom stereocenters. The molecule has 10 heteroatoms. The molecule has 0 bridgehead atoms. The van der Waals surface area contributed by atoms with E-state index in [1.165, 1.54) is 22.5 Å². The third-order valence-corrected chi connectivity index (χ3v) is 7.31. The number of morpholine rings is 1. The summed E-state index contributed by atoms with van der Waals surface area (Å²) in [5, 5.41) is 2.66. The van der Waals surface area contributed by atoms with Crippen LogP contribution >= 0.6 is 15.9 Å². The van der Waals surface area contributed by atoms with Crippen molar-refractivity contribution in [2.24, 2.45) is 0 Å². The maximum Gasteiger partial charge on any atom is 0.338 e. The summed E-state index contributed by atoms with van der Waals surface area (Å²) in [7, 11) is -3.80. The highest BCUT2D eigenvalue weighted by atomic mass is 79.9. The zero-order chi connectivity index (χ0) is 21.6. The molecular weight excluding hydrogens is 476 g/mol. The third kappa shape index (κ3) is 5.66. The number of halogens is 1. The zero-order valence-electron chi connectivity index (χ0n) is 16.0. The number of hydrogen-bond acceptors (Lipinski definition) is 6. The summed E-state index contributed by atoms with van der Waals surface area (Å²) < 4.78 is 37.7. The van der Waals surface area contributed by atoms with Gasteiger partial charge in [0.05, 0.1) is 23.7 Å². The fourth-order valence-corrected chi connectivity index (χ4v) is 5.17. The predicted octanol–water partition coefficient (Wildman–Crippen LogP) is 1.94. The summed E-state index contributed by atoms with van der Waals surface area (Å²) >= 11 is 3.23. The first-order valence-corrected chi connectivity index (χ1v) is 11.5. The van der Waals surface area contributed by atoms with E-state index in [0.717, 1.165) is 5.56 Å². The van der Waals surface area contributed by atoms with Gasteiger partial charge in [-0.2, -0.15) is 4.31 Å². The van der Waals surface area contributed by atoms with Gasteiger partial charge in [0, 0.05) is 24.1 Å². The molecule has 1 fully saturated rings. The molecule has 3 rings (SSSR count). The lowest BCUT2D eigenvalue weighted by Crippen LogP contribution is -2.40. The van der Waals surface area contributed by atoms with Gasteiger partial charge >= 0.3 is 5.97 Å². The van der Waals surface area contributed by atoms with Gasteiger partial charge in [0.15, 0.2) is 6.61 Å². The Hall–Kier alpha value is -2.27. The van der Waals surface area contributed by atoms with Gasteiger partial charge in [0.1, 0.15) is 0 Å². The van der Waals surface area contributed by atoms with Crippen molar-refractivity contribution in [2.45, 2.75) is 11.4 Å². The zero-order valence-corrected chi connectivity index (χ0v) is 18.4. The fourth-order valence-electron chi connectivity index (χ4n) is 2.82. The normalized spacial score (nSPS) is 14.8. The second-order valence-corrected chi connectivity index (χ2v) is 9.26. The molecular formula is C20H21BrN2O6S. The number of sulfonamides is 1. The number of nitrogens with one attached hydrogen (secondary N) is 1. The Labute approximate surface area is 183 Å². The molecule has 1 amide bonds. The highest BCUT2D eigenvalue weighted by molar-refractivity contribution is 9.10. The quantitative estimate of drug-likeness (QED) is 0.587. The second-order valence-electron chi connectivity index (χ2n) is 6.50. The lowest BCUT2D eigenvalue weighted by molar-refractivity contribution is -0.124. The summed E-state index contributed by atoms with van der Waals surface area (Å²) in [6.07, 6.45) is 0. The summed E-state index contributed by atoms with van der Waals surface area (Å²) in [5.41, 5.74) is 0.962. The maximum atomic E-state index is 12.9. The van der Waals surface area contributed by atoms with Gasteiger partial charge in [-0.25, -0.2) is 13.2 Å². The van der Waals surface area contributed by atoms with Crippen molar-refractivity contribution in [3.63, 3.8) is 0 Å². The van der Waals surface area contributed by atoms with E-state index in [-0.39, 0.29) is 23.5 Å². The molecule has 0 spiro atoms. The monoisotopic (exact) mass is 496 g/mol. The number of rotatable bonds is 7. The number of benzene rings is 2. The molecule has 0 aromatic heterocycles. The lowest BCUT2D eigenvalue weighted by Gasteiger charge is -2.26. The van der Waals surface area contributed by atoms with E-state index >= 15 is 0 Å². The molecule has 2 aromatic carbocycles. The van der Waals surface area contributed by atoms with Crippen molar-refractivity contribution in [1.29, 1.82) is 0 Å². The molecule has 1 heterocycles. The number of carbonyl (C=O) groups excluding carboxylic acids is 2. The highest BCUT2D eigenvalue weighted by Crippen LogP contribution is 2.27. The van der Waals surface area contributed by atoms with Crippen molar-refractivity contribution in [3.05, 3.63) is 64.1 Å². The van der Waals surface area contributed by atoms with Crippen molar-refractivity contribution >= 4 is 37.8 Å². The molecule has 0 saturated carbocycles. The molecule has 8 nitrogen and oxygen atoms in total. The Balaban J connectivity index is 1.62. The Morgan fingerprint density at radius 2 is 1.80 bits per heavy atom. The van der Waals surface area contributed by atoms with Crippen LogP contribution in [0.4, 0.5) is 0 Å². The average Bonchev–Trinajstić information content (AvgIpc) is 2.77. The molecule has 1 N–H and O–H groups in total. The minimum atomic E-state index is -3.80. The van der Waals surface area contributed by atoms with Crippen LogP contribution in [0.3, 0.4) is 0 Å². The van der Waals surface area contributed by atoms with Crippen LogP contribution in [0.2, 0.25) is 0 Å². The number of carbonyl (C=O) groups is 2. The number of hydrogen-bond donors (Lipinski definition) is 1. The van der Waals surface area contributed by atoms with Crippen LogP contribution in [0, 0.1) is 0 Å². The molecule has 2 aromatic rings. The van der Waals surface area contributed by atoms with Gasteiger partial charge in [-0.05, 0) is 39.7 Å². The molecule has 0 radical (unpaired) electrons.